The summed E-state index contributed by atoms with van der Waals surface area (Å²) in [4.78, 5) is 8.22. The van der Waals surface area contributed by atoms with Crippen molar-refractivity contribution in [3.8, 4) is 17.1 Å². The zero-order chi connectivity index (χ0) is 13.3. The zero-order valence-electron chi connectivity index (χ0n) is 11.0. The number of anilines is 1. The molecule has 0 unspecified atom stereocenters. The molecule has 6 heteroatoms. The molecule has 0 aliphatic rings. The highest BCUT2D eigenvalue weighted by Gasteiger charge is 2.15. The molecular formula is C12H17N5O. The number of aromatic nitrogens is 4. The van der Waals surface area contributed by atoms with Crippen LogP contribution in [0.4, 0.5) is 5.95 Å². The molecule has 96 valence electrons. The second kappa shape index (κ2) is 4.64. The largest absolute Gasteiger partial charge is 0.481 e. The van der Waals surface area contributed by atoms with E-state index in [1.807, 2.05) is 13.2 Å². The Morgan fingerprint density at radius 2 is 2.06 bits per heavy atom. The van der Waals surface area contributed by atoms with E-state index in [1.54, 1.807) is 17.9 Å². The number of hydrogen-bond donors (Lipinski definition) is 1. The number of aryl methyl sites for hydroxylation is 1. The second-order valence-corrected chi connectivity index (χ2v) is 4.41. The Kier molecular flexibility index (Phi) is 3.18. The first-order valence-electron chi connectivity index (χ1n) is 5.73. The first-order chi connectivity index (χ1) is 8.51. The number of hydrogen-bond acceptors (Lipinski definition) is 5. The third kappa shape index (κ3) is 2.27. The molecule has 0 amide bonds. The van der Waals surface area contributed by atoms with E-state index in [0.29, 0.717) is 11.8 Å². The molecular weight excluding hydrogens is 230 g/mol. The third-order valence-corrected chi connectivity index (χ3v) is 2.61. The Morgan fingerprint density at radius 1 is 1.33 bits per heavy atom. The van der Waals surface area contributed by atoms with Gasteiger partial charge in [0.1, 0.15) is 0 Å². The molecule has 2 N–H and O–H groups in total. The van der Waals surface area contributed by atoms with E-state index >= 15 is 0 Å². The van der Waals surface area contributed by atoms with Crippen molar-refractivity contribution in [3.05, 3.63) is 18.0 Å². The lowest BCUT2D eigenvalue weighted by atomic mass is 10.0. The summed E-state index contributed by atoms with van der Waals surface area (Å²) in [5.74, 6) is 0.961. The Labute approximate surface area is 106 Å². The van der Waals surface area contributed by atoms with Gasteiger partial charge in [0, 0.05) is 24.9 Å². The van der Waals surface area contributed by atoms with E-state index in [4.69, 9.17) is 10.5 Å². The predicted molar refractivity (Wildman–Crippen MR) is 69.3 cm³/mol. The van der Waals surface area contributed by atoms with E-state index in [0.717, 1.165) is 17.0 Å². The molecule has 2 aromatic rings. The summed E-state index contributed by atoms with van der Waals surface area (Å²) in [6, 6.07) is 1.76. The van der Waals surface area contributed by atoms with Gasteiger partial charge in [-0.1, -0.05) is 13.8 Å². The minimum Gasteiger partial charge on any atom is -0.481 e. The lowest BCUT2D eigenvalue weighted by Gasteiger charge is -2.06. The summed E-state index contributed by atoms with van der Waals surface area (Å²) < 4.78 is 6.88. The summed E-state index contributed by atoms with van der Waals surface area (Å²) in [7, 11) is 3.44. The van der Waals surface area contributed by atoms with Gasteiger partial charge in [-0.05, 0) is 5.92 Å². The molecule has 2 rings (SSSR count). The van der Waals surface area contributed by atoms with Gasteiger partial charge in [0.15, 0.2) is 0 Å². The first-order valence-corrected chi connectivity index (χ1v) is 5.73. The number of methoxy groups -OCH3 is 1. The molecule has 0 radical (unpaired) electrons. The van der Waals surface area contributed by atoms with Crippen LogP contribution in [0, 0.1) is 0 Å². The summed E-state index contributed by atoms with van der Waals surface area (Å²) in [5.41, 5.74) is 8.35. The Morgan fingerprint density at radius 3 is 2.67 bits per heavy atom. The van der Waals surface area contributed by atoms with Crippen LogP contribution in [0.1, 0.15) is 25.5 Å². The summed E-state index contributed by atoms with van der Waals surface area (Å²) in [6.45, 7) is 4.18. The fourth-order valence-corrected chi connectivity index (χ4v) is 1.81. The van der Waals surface area contributed by atoms with Gasteiger partial charge in [0.25, 0.3) is 0 Å². The molecule has 0 fully saturated rings. The highest BCUT2D eigenvalue weighted by Crippen LogP contribution is 2.28. The number of ether oxygens (including phenoxy) is 1. The molecule has 0 aliphatic carbocycles. The molecule has 0 bridgehead atoms. The minimum atomic E-state index is 0.197. The number of nitrogens with zero attached hydrogens (tertiary/aromatic N) is 4. The molecule has 2 aromatic heterocycles. The van der Waals surface area contributed by atoms with Gasteiger partial charge in [0.05, 0.1) is 18.5 Å². The monoisotopic (exact) mass is 247 g/mol. The van der Waals surface area contributed by atoms with Gasteiger partial charge in [0.2, 0.25) is 11.8 Å². The van der Waals surface area contributed by atoms with Crippen molar-refractivity contribution in [2.75, 3.05) is 12.8 Å². The summed E-state index contributed by atoms with van der Waals surface area (Å²) in [6.07, 6.45) is 1.93. The van der Waals surface area contributed by atoms with Gasteiger partial charge in [-0.25, -0.2) is 4.98 Å². The van der Waals surface area contributed by atoms with Crippen LogP contribution in [0.15, 0.2) is 12.3 Å². The summed E-state index contributed by atoms with van der Waals surface area (Å²) >= 11 is 0. The minimum absolute atomic E-state index is 0.197. The average molecular weight is 247 g/mol. The van der Waals surface area contributed by atoms with E-state index < -0.39 is 0 Å². The van der Waals surface area contributed by atoms with Gasteiger partial charge >= 0.3 is 0 Å². The number of nitrogens with two attached hydrogens (primary N) is 1. The smallest absolute Gasteiger partial charge is 0.223 e. The molecule has 0 aliphatic heterocycles. The molecule has 0 atom stereocenters. The lowest BCUT2D eigenvalue weighted by molar-refractivity contribution is 0.398. The quantitative estimate of drug-likeness (QED) is 0.891. The Hall–Kier alpha value is -2.11. The topological polar surface area (TPSA) is 78.8 Å². The average Bonchev–Trinajstić information content (AvgIpc) is 2.70. The van der Waals surface area contributed by atoms with Crippen molar-refractivity contribution in [1.29, 1.82) is 0 Å². The van der Waals surface area contributed by atoms with E-state index in [9.17, 15) is 0 Å². The van der Waals surface area contributed by atoms with Crippen LogP contribution >= 0.6 is 0 Å². The van der Waals surface area contributed by atoms with Crippen molar-refractivity contribution in [2.45, 2.75) is 19.8 Å². The first kappa shape index (κ1) is 12.3. The fourth-order valence-electron chi connectivity index (χ4n) is 1.81. The van der Waals surface area contributed by atoms with Crippen LogP contribution in [0.3, 0.4) is 0 Å². The number of nitrogen functional groups attached to an aromatic ring is 1. The zero-order valence-corrected chi connectivity index (χ0v) is 11.0. The normalized spacial score (nSPS) is 10.9. The molecule has 2 heterocycles. The van der Waals surface area contributed by atoms with Crippen LogP contribution < -0.4 is 10.5 Å². The van der Waals surface area contributed by atoms with E-state index in [2.05, 4.69) is 28.9 Å². The predicted octanol–water partition coefficient (Wildman–Crippen LogP) is 1.59. The van der Waals surface area contributed by atoms with Crippen molar-refractivity contribution in [2.24, 2.45) is 7.05 Å². The van der Waals surface area contributed by atoms with Crippen molar-refractivity contribution < 1.29 is 4.74 Å². The molecule has 0 spiro atoms. The van der Waals surface area contributed by atoms with Crippen molar-refractivity contribution >= 4 is 5.95 Å². The van der Waals surface area contributed by atoms with Gasteiger partial charge < -0.3 is 10.5 Å². The highest BCUT2D eigenvalue weighted by atomic mass is 16.5. The number of rotatable bonds is 3. The Bertz CT molecular complexity index is 562. The van der Waals surface area contributed by atoms with Crippen LogP contribution in [-0.2, 0) is 7.05 Å². The molecule has 6 nitrogen and oxygen atoms in total. The maximum absolute atomic E-state index is 5.68. The van der Waals surface area contributed by atoms with Crippen LogP contribution in [-0.4, -0.2) is 26.9 Å². The summed E-state index contributed by atoms with van der Waals surface area (Å²) in [5, 5.41) is 4.45. The van der Waals surface area contributed by atoms with E-state index in [1.165, 1.54) is 0 Å². The highest BCUT2D eigenvalue weighted by molar-refractivity contribution is 5.64. The Balaban J connectivity index is 2.57. The maximum Gasteiger partial charge on any atom is 0.223 e. The maximum atomic E-state index is 5.68. The van der Waals surface area contributed by atoms with Crippen molar-refractivity contribution in [3.63, 3.8) is 0 Å². The van der Waals surface area contributed by atoms with Gasteiger partial charge in [-0.3, -0.25) is 4.68 Å². The van der Waals surface area contributed by atoms with Crippen LogP contribution in [0.5, 0.6) is 5.88 Å². The van der Waals surface area contributed by atoms with Crippen LogP contribution in [0.2, 0.25) is 0 Å². The molecule has 0 aromatic carbocycles. The third-order valence-electron chi connectivity index (χ3n) is 2.61. The SMILES string of the molecule is COc1cc(-c2cn(C)nc2C(C)C)nc(N)n1. The van der Waals surface area contributed by atoms with Gasteiger partial charge in [-0.2, -0.15) is 10.1 Å². The van der Waals surface area contributed by atoms with Crippen LogP contribution in [0.25, 0.3) is 11.3 Å². The fraction of sp³-hybridized carbons (Fsp3) is 0.417. The standard InChI is InChI=1S/C12H17N5O/c1-7(2)11-8(6-17(3)16-11)9-5-10(18-4)15-12(13)14-9/h5-7H,1-4H3,(H2,13,14,15). The molecule has 0 saturated heterocycles. The molecule has 18 heavy (non-hydrogen) atoms. The van der Waals surface area contributed by atoms with E-state index in [-0.39, 0.29) is 5.95 Å². The lowest BCUT2D eigenvalue weighted by Crippen LogP contribution is -2.00. The van der Waals surface area contributed by atoms with Crippen molar-refractivity contribution in [1.82, 2.24) is 19.7 Å². The van der Waals surface area contributed by atoms with Gasteiger partial charge in [-0.15, -0.1) is 0 Å². The molecule has 0 saturated carbocycles. The second-order valence-electron chi connectivity index (χ2n) is 4.41.